The molecule has 1 aromatic carbocycles. The second-order valence-corrected chi connectivity index (χ2v) is 6.89. The van der Waals surface area contributed by atoms with Crippen molar-refractivity contribution in [3.63, 3.8) is 0 Å². The molecule has 112 valence electrons. The zero-order valence-corrected chi connectivity index (χ0v) is 13.5. The molecule has 1 aromatic heterocycles. The van der Waals surface area contributed by atoms with Gasteiger partial charge in [0.05, 0.1) is 0 Å². The maximum absolute atomic E-state index is 11.8. The number of aromatic amines is 1. The van der Waals surface area contributed by atoms with E-state index >= 15 is 0 Å². The van der Waals surface area contributed by atoms with Crippen LogP contribution in [0.15, 0.2) is 24.3 Å². The van der Waals surface area contributed by atoms with Crippen LogP contribution in [0.5, 0.6) is 0 Å². The zero-order chi connectivity index (χ0) is 15.0. The topological polar surface area (TPSA) is 36.1 Å². The second kappa shape index (κ2) is 6.07. The van der Waals surface area contributed by atoms with Crippen molar-refractivity contribution in [2.75, 3.05) is 13.1 Å². The van der Waals surface area contributed by atoms with E-state index in [9.17, 15) is 4.79 Å². The third-order valence-electron chi connectivity index (χ3n) is 4.04. The van der Waals surface area contributed by atoms with Crippen molar-refractivity contribution in [1.29, 1.82) is 0 Å². The van der Waals surface area contributed by atoms with Gasteiger partial charge in [0.25, 0.3) is 5.91 Å². The maximum Gasteiger partial charge on any atom is 0.255 e. The summed E-state index contributed by atoms with van der Waals surface area (Å²) in [5.74, 6) is 0.226. The molecular weight excluding hydrogens is 331 g/mol. The Balaban J connectivity index is 1.72. The van der Waals surface area contributed by atoms with E-state index in [0.717, 1.165) is 28.8 Å². The molecule has 2 heterocycles. The van der Waals surface area contributed by atoms with Gasteiger partial charge in [0.1, 0.15) is 0 Å². The lowest BCUT2D eigenvalue weighted by atomic mass is 9.93. The molecular formula is C15H15Cl3N2O. The van der Waals surface area contributed by atoms with E-state index in [-0.39, 0.29) is 5.91 Å². The Kier molecular flexibility index (Phi) is 4.34. The maximum atomic E-state index is 11.8. The molecule has 1 N–H and O–H groups in total. The van der Waals surface area contributed by atoms with E-state index in [1.54, 1.807) is 4.90 Å². The fourth-order valence-electron chi connectivity index (χ4n) is 2.89. The fourth-order valence-corrected chi connectivity index (χ4v) is 3.35. The predicted molar refractivity (Wildman–Crippen MR) is 87.4 cm³/mol. The number of piperidine rings is 1. The van der Waals surface area contributed by atoms with Gasteiger partial charge in [0.15, 0.2) is 4.84 Å². The Morgan fingerprint density at radius 1 is 1.24 bits per heavy atom. The number of fused-ring (bicyclic) bond motifs is 1. The molecule has 3 rings (SSSR count). The number of nitrogens with one attached hydrogen (secondary N) is 1. The average Bonchev–Trinajstić information content (AvgIpc) is 2.89. The van der Waals surface area contributed by atoms with E-state index in [0.29, 0.717) is 19.0 Å². The number of amides is 1. The summed E-state index contributed by atoms with van der Waals surface area (Å²) in [5.41, 5.74) is 2.29. The molecule has 0 saturated carbocycles. The van der Waals surface area contributed by atoms with Crippen LogP contribution in [0.25, 0.3) is 10.9 Å². The summed E-state index contributed by atoms with van der Waals surface area (Å²) in [4.78, 5) is 16.0. The molecule has 1 fully saturated rings. The minimum atomic E-state index is -0.961. The third-order valence-corrected chi connectivity index (χ3v) is 4.65. The Hall–Kier alpha value is -0.900. The van der Waals surface area contributed by atoms with Crippen molar-refractivity contribution in [2.24, 2.45) is 0 Å². The molecule has 0 aliphatic carbocycles. The number of benzene rings is 1. The van der Waals surface area contributed by atoms with Gasteiger partial charge in [-0.1, -0.05) is 34.8 Å². The highest BCUT2D eigenvalue weighted by Crippen LogP contribution is 2.31. The van der Waals surface area contributed by atoms with Crippen LogP contribution in [0.4, 0.5) is 0 Å². The van der Waals surface area contributed by atoms with Crippen LogP contribution in [0.1, 0.15) is 24.5 Å². The highest BCUT2D eigenvalue weighted by Gasteiger charge is 2.27. The number of hydrogen-bond donors (Lipinski definition) is 1. The van der Waals surface area contributed by atoms with Crippen LogP contribution < -0.4 is 0 Å². The van der Waals surface area contributed by atoms with Crippen molar-refractivity contribution in [2.45, 2.75) is 23.6 Å². The number of aromatic nitrogens is 1. The minimum absolute atomic E-state index is 0.194. The smallest absolute Gasteiger partial charge is 0.255 e. The minimum Gasteiger partial charge on any atom is -0.358 e. The van der Waals surface area contributed by atoms with Crippen LogP contribution in [-0.4, -0.2) is 33.7 Å². The molecule has 0 atom stereocenters. The zero-order valence-electron chi connectivity index (χ0n) is 11.3. The Morgan fingerprint density at radius 2 is 1.95 bits per heavy atom. The highest BCUT2D eigenvalue weighted by atomic mass is 35.5. The van der Waals surface area contributed by atoms with Crippen LogP contribution in [0.2, 0.25) is 5.02 Å². The van der Waals surface area contributed by atoms with Crippen molar-refractivity contribution in [1.82, 2.24) is 9.88 Å². The number of carbonyl (C=O) groups excluding carboxylic acids is 1. The molecule has 1 amide bonds. The third kappa shape index (κ3) is 3.15. The molecule has 21 heavy (non-hydrogen) atoms. The summed E-state index contributed by atoms with van der Waals surface area (Å²) in [6.07, 6.45) is 1.82. The van der Waals surface area contributed by atoms with Crippen molar-refractivity contribution in [3.05, 3.63) is 35.0 Å². The number of halogens is 3. The lowest BCUT2D eigenvalue weighted by molar-refractivity contribution is -0.130. The highest BCUT2D eigenvalue weighted by molar-refractivity contribution is 6.53. The van der Waals surface area contributed by atoms with Gasteiger partial charge in [-0.15, -0.1) is 0 Å². The monoisotopic (exact) mass is 344 g/mol. The van der Waals surface area contributed by atoms with Crippen LogP contribution in [-0.2, 0) is 4.79 Å². The Labute approximate surface area is 138 Å². The standard InChI is InChI=1S/C15H15Cl3N2O/c16-11-1-2-12-10(7-11)8-13(19-12)9-3-5-20(6-4-9)15(21)14(17)18/h1-2,7-9,14,19H,3-6H2. The Morgan fingerprint density at radius 3 is 2.62 bits per heavy atom. The molecule has 1 aliphatic heterocycles. The lowest BCUT2D eigenvalue weighted by Crippen LogP contribution is -2.40. The van der Waals surface area contributed by atoms with Gasteiger partial charge in [-0.2, -0.15) is 0 Å². The predicted octanol–water partition coefficient (Wildman–Crippen LogP) is 4.33. The quantitative estimate of drug-likeness (QED) is 0.808. The molecule has 3 nitrogen and oxygen atoms in total. The molecule has 1 saturated heterocycles. The van der Waals surface area contributed by atoms with Gasteiger partial charge in [0.2, 0.25) is 0 Å². The van der Waals surface area contributed by atoms with Crippen molar-refractivity contribution < 1.29 is 4.79 Å². The van der Waals surface area contributed by atoms with Crippen molar-refractivity contribution in [3.8, 4) is 0 Å². The molecule has 0 spiro atoms. The first-order chi connectivity index (χ1) is 10.0. The summed E-state index contributed by atoms with van der Waals surface area (Å²) in [6.45, 7) is 1.38. The summed E-state index contributed by atoms with van der Waals surface area (Å²) in [5, 5.41) is 1.86. The number of likely N-dealkylation sites (tertiary alicyclic amines) is 1. The first-order valence-electron chi connectivity index (χ1n) is 6.89. The van der Waals surface area contributed by atoms with E-state index < -0.39 is 4.84 Å². The lowest BCUT2D eigenvalue weighted by Gasteiger charge is -2.32. The number of H-pyrrole nitrogens is 1. The van der Waals surface area contributed by atoms with Gasteiger partial charge < -0.3 is 9.88 Å². The first-order valence-corrected chi connectivity index (χ1v) is 8.15. The molecule has 0 radical (unpaired) electrons. The van der Waals surface area contributed by atoms with Crippen molar-refractivity contribution >= 4 is 51.6 Å². The normalized spacial score (nSPS) is 16.9. The largest absolute Gasteiger partial charge is 0.358 e. The molecule has 0 bridgehead atoms. The number of hydrogen-bond acceptors (Lipinski definition) is 1. The van der Waals surface area contributed by atoms with Gasteiger partial charge in [0, 0.05) is 40.6 Å². The molecule has 0 unspecified atom stereocenters. The SMILES string of the molecule is O=C(C(Cl)Cl)N1CCC(c2cc3cc(Cl)ccc3[nH]2)CC1. The molecule has 1 aliphatic rings. The van der Waals surface area contributed by atoms with Gasteiger partial charge in [-0.25, -0.2) is 0 Å². The van der Waals surface area contributed by atoms with Crippen LogP contribution in [0, 0.1) is 0 Å². The van der Waals surface area contributed by atoms with Crippen LogP contribution >= 0.6 is 34.8 Å². The van der Waals surface area contributed by atoms with E-state index in [4.69, 9.17) is 34.8 Å². The number of alkyl halides is 2. The number of carbonyl (C=O) groups is 1. The summed E-state index contributed by atoms with van der Waals surface area (Å²) in [6, 6.07) is 7.98. The molecule has 2 aromatic rings. The summed E-state index contributed by atoms with van der Waals surface area (Å²) < 4.78 is 0. The number of rotatable bonds is 2. The van der Waals surface area contributed by atoms with Gasteiger partial charge >= 0.3 is 0 Å². The van der Waals surface area contributed by atoms with E-state index in [1.165, 1.54) is 5.69 Å². The average molecular weight is 346 g/mol. The first kappa shape index (κ1) is 15.0. The van der Waals surface area contributed by atoms with Crippen LogP contribution in [0.3, 0.4) is 0 Å². The Bertz CT molecular complexity index is 660. The van der Waals surface area contributed by atoms with E-state index in [2.05, 4.69) is 11.1 Å². The second-order valence-electron chi connectivity index (χ2n) is 5.36. The number of nitrogens with zero attached hydrogens (tertiary/aromatic N) is 1. The molecule has 6 heteroatoms. The van der Waals surface area contributed by atoms with Gasteiger partial charge in [-0.05, 0) is 37.1 Å². The summed E-state index contributed by atoms with van der Waals surface area (Å²) in [7, 11) is 0. The van der Waals surface area contributed by atoms with E-state index in [1.807, 2.05) is 18.2 Å². The van der Waals surface area contributed by atoms with Gasteiger partial charge in [-0.3, -0.25) is 4.79 Å². The summed E-state index contributed by atoms with van der Waals surface area (Å²) >= 11 is 17.3. The fraction of sp³-hybridized carbons (Fsp3) is 0.400.